The molecule has 4 rings (SSSR count). The van der Waals surface area contributed by atoms with Crippen LogP contribution in [0.5, 0.6) is 11.5 Å². The number of aromatic nitrogens is 1. The lowest BCUT2D eigenvalue weighted by Gasteiger charge is -2.16. The fourth-order valence-electron chi connectivity index (χ4n) is 3.80. The molecule has 0 spiro atoms. The summed E-state index contributed by atoms with van der Waals surface area (Å²) in [7, 11) is 0. The van der Waals surface area contributed by atoms with E-state index in [4.69, 9.17) is 9.72 Å². The minimum absolute atomic E-state index is 0.0283. The molecule has 0 saturated carbocycles. The monoisotopic (exact) mass is 456 g/mol. The van der Waals surface area contributed by atoms with Crippen LogP contribution in [0.25, 0.3) is 10.9 Å². The summed E-state index contributed by atoms with van der Waals surface area (Å²) in [6, 6.07) is 23.5. The van der Waals surface area contributed by atoms with Crippen molar-refractivity contribution in [1.82, 2.24) is 4.98 Å². The molecule has 1 atom stereocenters. The van der Waals surface area contributed by atoms with Gasteiger partial charge in [0.05, 0.1) is 15.8 Å². The average Bonchev–Trinajstić information content (AvgIpc) is 2.80. The number of ether oxygens (including phenoxy) is 1. The highest BCUT2D eigenvalue weighted by molar-refractivity contribution is 8.00. The summed E-state index contributed by atoms with van der Waals surface area (Å²) in [5, 5.41) is 4.84. The largest absolute Gasteiger partial charge is 0.457 e. The van der Waals surface area contributed by atoms with Gasteiger partial charge in [0.15, 0.2) is 0 Å². The Hall–Kier alpha value is -3.31. The van der Waals surface area contributed by atoms with Crippen LogP contribution in [-0.2, 0) is 4.79 Å². The van der Waals surface area contributed by atoms with Crippen molar-refractivity contribution in [2.45, 2.75) is 44.4 Å². The van der Waals surface area contributed by atoms with Gasteiger partial charge in [-0.3, -0.25) is 4.79 Å². The van der Waals surface area contributed by atoms with Crippen LogP contribution in [0, 0.1) is 20.8 Å². The number of anilines is 1. The summed E-state index contributed by atoms with van der Waals surface area (Å²) < 4.78 is 5.82. The topological polar surface area (TPSA) is 51.2 Å². The smallest absolute Gasteiger partial charge is 0.237 e. The Bertz CT molecular complexity index is 1270. The second-order valence-electron chi connectivity index (χ2n) is 8.20. The Kier molecular flexibility index (Phi) is 6.99. The Balaban J connectivity index is 1.45. The molecule has 0 radical (unpaired) electrons. The highest BCUT2D eigenvalue weighted by atomic mass is 32.2. The van der Waals surface area contributed by atoms with Gasteiger partial charge in [-0.05, 0) is 86.8 Å². The number of aryl methyl sites for hydroxylation is 3. The number of benzene rings is 3. The van der Waals surface area contributed by atoms with E-state index < -0.39 is 0 Å². The van der Waals surface area contributed by atoms with Crippen LogP contribution in [0.4, 0.5) is 5.69 Å². The van der Waals surface area contributed by atoms with Crippen molar-refractivity contribution < 1.29 is 9.53 Å². The summed E-state index contributed by atoms with van der Waals surface area (Å²) >= 11 is 1.52. The van der Waals surface area contributed by atoms with Gasteiger partial charge in [-0.1, -0.05) is 48.5 Å². The third kappa shape index (κ3) is 5.55. The molecule has 3 aromatic carbocycles. The van der Waals surface area contributed by atoms with Crippen LogP contribution < -0.4 is 10.1 Å². The van der Waals surface area contributed by atoms with Gasteiger partial charge >= 0.3 is 0 Å². The van der Waals surface area contributed by atoms with Gasteiger partial charge in [-0.25, -0.2) is 4.98 Å². The van der Waals surface area contributed by atoms with Crippen LogP contribution >= 0.6 is 11.8 Å². The van der Waals surface area contributed by atoms with Crippen LogP contribution in [0.1, 0.15) is 30.0 Å². The maximum atomic E-state index is 13.0. The molecule has 0 fully saturated rings. The fourth-order valence-corrected chi connectivity index (χ4v) is 4.81. The minimum Gasteiger partial charge on any atom is -0.457 e. The Morgan fingerprint density at radius 1 is 0.939 bits per heavy atom. The number of carbonyl (C=O) groups excluding carboxylic acids is 1. The van der Waals surface area contributed by atoms with Crippen molar-refractivity contribution in [3.05, 3.63) is 89.5 Å². The number of hydrogen-bond acceptors (Lipinski definition) is 4. The first-order valence-electron chi connectivity index (χ1n) is 11.1. The number of carbonyl (C=O) groups is 1. The van der Waals surface area contributed by atoms with Gasteiger partial charge in [0.25, 0.3) is 0 Å². The van der Waals surface area contributed by atoms with Crippen molar-refractivity contribution in [3.63, 3.8) is 0 Å². The van der Waals surface area contributed by atoms with Crippen molar-refractivity contribution >= 4 is 34.3 Å². The summed E-state index contributed by atoms with van der Waals surface area (Å²) in [6.45, 7) is 8.32. The molecule has 1 amide bonds. The number of nitrogens with zero attached hydrogens (tertiary/aromatic N) is 1. The zero-order valence-electron chi connectivity index (χ0n) is 19.4. The third-order valence-corrected chi connectivity index (χ3v) is 6.74. The molecule has 33 heavy (non-hydrogen) atoms. The second kappa shape index (κ2) is 10.1. The molecule has 5 heteroatoms. The number of para-hydroxylation sites is 1. The predicted molar refractivity (Wildman–Crippen MR) is 137 cm³/mol. The summed E-state index contributed by atoms with van der Waals surface area (Å²) in [4.78, 5) is 17.9. The molecule has 1 heterocycles. The van der Waals surface area contributed by atoms with Crippen molar-refractivity contribution in [3.8, 4) is 11.5 Å². The number of pyridine rings is 1. The average molecular weight is 457 g/mol. The van der Waals surface area contributed by atoms with Gasteiger partial charge in [0, 0.05) is 11.1 Å². The number of amides is 1. The quantitative estimate of drug-likeness (QED) is 0.293. The van der Waals surface area contributed by atoms with Crippen molar-refractivity contribution in [2.24, 2.45) is 0 Å². The molecule has 1 aromatic heterocycles. The molecule has 168 valence electrons. The number of thioether (sulfide) groups is 1. The SMILES string of the molecule is CCC(Sc1cc(C)c2cc(C)cc(C)c2n1)C(=O)Nc1ccc(Oc2ccccc2)cc1. The third-order valence-electron chi connectivity index (χ3n) is 5.46. The molecule has 4 aromatic rings. The van der Waals surface area contributed by atoms with E-state index in [1.807, 2.05) is 61.5 Å². The van der Waals surface area contributed by atoms with E-state index >= 15 is 0 Å². The first-order valence-corrected chi connectivity index (χ1v) is 12.0. The lowest BCUT2D eigenvalue weighted by atomic mass is 10.0. The van der Waals surface area contributed by atoms with E-state index in [0.29, 0.717) is 6.42 Å². The Morgan fingerprint density at radius 3 is 2.33 bits per heavy atom. The number of nitrogens with one attached hydrogen (secondary N) is 1. The standard InChI is InChI=1S/C28H28N2O2S/c1-5-25(33-26-17-19(3)24-16-18(2)15-20(4)27(24)30-26)28(31)29-21-11-13-23(14-12-21)32-22-9-7-6-8-10-22/h6-17,25H,5H2,1-4H3,(H,29,31). The molecule has 1 N–H and O–H groups in total. The number of hydrogen-bond donors (Lipinski definition) is 1. The molecule has 1 unspecified atom stereocenters. The van der Waals surface area contributed by atoms with Gasteiger partial charge in [-0.15, -0.1) is 0 Å². The Morgan fingerprint density at radius 2 is 1.64 bits per heavy atom. The van der Waals surface area contributed by atoms with Gasteiger partial charge in [0.2, 0.25) is 5.91 Å². The lowest BCUT2D eigenvalue weighted by Crippen LogP contribution is -2.24. The maximum absolute atomic E-state index is 13.0. The molecular formula is C28H28N2O2S. The normalized spacial score (nSPS) is 11.9. The van der Waals surface area contributed by atoms with Gasteiger partial charge < -0.3 is 10.1 Å². The summed E-state index contributed by atoms with van der Waals surface area (Å²) in [5.41, 5.74) is 5.32. The highest BCUT2D eigenvalue weighted by Crippen LogP contribution is 2.31. The van der Waals surface area contributed by atoms with Crippen LogP contribution in [0.15, 0.2) is 77.8 Å². The fraction of sp³-hybridized carbons (Fsp3) is 0.214. The van der Waals surface area contributed by atoms with E-state index in [1.54, 1.807) is 0 Å². The van der Waals surface area contributed by atoms with Crippen LogP contribution in [0.2, 0.25) is 0 Å². The van der Waals surface area contributed by atoms with Crippen molar-refractivity contribution in [1.29, 1.82) is 0 Å². The molecule has 4 nitrogen and oxygen atoms in total. The van der Waals surface area contributed by atoms with E-state index in [0.717, 1.165) is 33.3 Å². The summed E-state index contributed by atoms with van der Waals surface area (Å²) in [6.07, 6.45) is 0.706. The molecule has 0 aliphatic heterocycles. The molecule has 0 aliphatic carbocycles. The minimum atomic E-state index is -0.236. The zero-order chi connectivity index (χ0) is 23.4. The van der Waals surface area contributed by atoms with E-state index in [1.165, 1.54) is 28.3 Å². The lowest BCUT2D eigenvalue weighted by molar-refractivity contribution is -0.115. The Labute approximate surface area is 199 Å². The van der Waals surface area contributed by atoms with E-state index in [9.17, 15) is 4.79 Å². The summed E-state index contributed by atoms with van der Waals surface area (Å²) in [5.74, 6) is 1.47. The maximum Gasteiger partial charge on any atom is 0.237 e. The van der Waals surface area contributed by atoms with Gasteiger partial charge in [0.1, 0.15) is 11.5 Å². The predicted octanol–water partition coefficient (Wildman–Crippen LogP) is 7.46. The van der Waals surface area contributed by atoms with E-state index in [2.05, 4.69) is 44.3 Å². The molecular weight excluding hydrogens is 428 g/mol. The first kappa shape index (κ1) is 22.9. The number of rotatable bonds is 7. The van der Waals surface area contributed by atoms with Crippen LogP contribution in [-0.4, -0.2) is 16.1 Å². The second-order valence-corrected chi connectivity index (χ2v) is 9.42. The van der Waals surface area contributed by atoms with Gasteiger partial charge in [-0.2, -0.15) is 0 Å². The molecule has 0 saturated heterocycles. The molecule has 0 aliphatic rings. The van der Waals surface area contributed by atoms with Crippen molar-refractivity contribution in [2.75, 3.05) is 5.32 Å². The number of fused-ring (bicyclic) bond motifs is 1. The highest BCUT2D eigenvalue weighted by Gasteiger charge is 2.20. The first-order chi connectivity index (χ1) is 15.9. The van der Waals surface area contributed by atoms with E-state index in [-0.39, 0.29) is 11.2 Å². The van der Waals surface area contributed by atoms with Crippen LogP contribution in [0.3, 0.4) is 0 Å². The molecule has 0 bridgehead atoms. The zero-order valence-corrected chi connectivity index (χ0v) is 20.2.